The van der Waals surface area contributed by atoms with E-state index in [4.69, 9.17) is 11.6 Å². The lowest BCUT2D eigenvalue weighted by atomic mass is 9.38. The number of benzene rings is 1. The molecule has 1 aromatic rings. The summed E-state index contributed by atoms with van der Waals surface area (Å²) in [5.41, 5.74) is 1.98. The molecule has 2 amide bonds. The molecule has 34 heavy (non-hydrogen) atoms. The maximum Gasteiger partial charge on any atom is 0.322 e. The summed E-state index contributed by atoms with van der Waals surface area (Å²) in [5, 5.41) is 13.6. The summed E-state index contributed by atoms with van der Waals surface area (Å²) in [6, 6.07) is 6.18. The number of carbonyl (C=O) groups excluding carboxylic acids is 1. The third kappa shape index (κ3) is 3.26. The number of nitrogens with zero attached hydrogens (tertiary/aromatic N) is 1. The molecule has 4 aliphatic carbocycles. The number of hydrogen-bond donors (Lipinski definition) is 2. The molecule has 6 rings (SSSR count). The van der Waals surface area contributed by atoms with Gasteiger partial charge in [0.2, 0.25) is 0 Å². The minimum Gasteiger partial charge on any atom is -0.481 e. The average molecular weight is 485 g/mol. The van der Waals surface area contributed by atoms with Gasteiger partial charge in [0, 0.05) is 11.2 Å². The van der Waals surface area contributed by atoms with Crippen LogP contribution in [0.3, 0.4) is 0 Å². The Balaban J connectivity index is 1.46. The fraction of sp³-hybridized carbons (Fsp3) is 0.643. The molecule has 0 spiro atoms. The Kier molecular flexibility index (Phi) is 5.06. The van der Waals surface area contributed by atoms with E-state index in [1.54, 1.807) is 4.90 Å². The molecule has 1 aliphatic heterocycles. The number of aliphatic carboxylic acids is 1. The summed E-state index contributed by atoms with van der Waals surface area (Å²) in [5.74, 6) is 0.663. The molecule has 3 unspecified atom stereocenters. The minimum absolute atomic E-state index is 0.150. The van der Waals surface area contributed by atoms with E-state index in [9.17, 15) is 14.7 Å². The summed E-state index contributed by atoms with van der Waals surface area (Å²) in [4.78, 5) is 26.8. The van der Waals surface area contributed by atoms with Gasteiger partial charge < -0.3 is 10.4 Å². The Morgan fingerprint density at radius 2 is 1.94 bits per heavy atom. The first-order chi connectivity index (χ1) is 15.8. The lowest BCUT2D eigenvalue weighted by Gasteiger charge is -2.71. The average Bonchev–Trinajstić information content (AvgIpc) is 3.47. The SMILES string of the molecule is CCC(C)C1=CN(C23CC(C(=O)O)(C2)C3)C(=O)N[C@@]1(C)c1ccc(C2CC2C(C)(C)C)c(Cl)c1. The van der Waals surface area contributed by atoms with Crippen molar-refractivity contribution >= 4 is 23.6 Å². The molecule has 4 saturated carbocycles. The molecule has 5 nitrogen and oxygen atoms in total. The Bertz CT molecular complexity index is 1080. The second kappa shape index (κ2) is 7.25. The second-order valence-electron chi connectivity index (χ2n) is 12.7. The smallest absolute Gasteiger partial charge is 0.322 e. The van der Waals surface area contributed by atoms with Gasteiger partial charge in [-0.1, -0.05) is 58.4 Å². The van der Waals surface area contributed by atoms with Crippen LogP contribution in [0.2, 0.25) is 5.02 Å². The predicted octanol–water partition coefficient (Wildman–Crippen LogP) is 6.67. The number of hydrogen-bond acceptors (Lipinski definition) is 2. The quantitative estimate of drug-likeness (QED) is 0.473. The van der Waals surface area contributed by atoms with E-state index in [-0.39, 0.29) is 22.9 Å². The van der Waals surface area contributed by atoms with Crippen LogP contribution in [0.1, 0.15) is 90.7 Å². The molecule has 0 radical (unpaired) electrons. The van der Waals surface area contributed by atoms with Gasteiger partial charge in [-0.15, -0.1) is 0 Å². The van der Waals surface area contributed by atoms with Gasteiger partial charge in [-0.25, -0.2) is 4.79 Å². The van der Waals surface area contributed by atoms with Gasteiger partial charge in [-0.3, -0.25) is 9.69 Å². The van der Waals surface area contributed by atoms with Gasteiger partial charge >= 0.3 is 12.0 Å². The summed E-state index contributed by atoms with van der Waals surface area (Å²) in [6.07, 6.45) is 5.76. The van der Waals surface area contributed by atoms with E-state index in [0.29, 0.717) is 31.1 Å². The standard InChI is InChI=1S/C28H37ClN2O3/c1-7-16(2)21-12-31(28-13-27(14-28,15-28)23(32)33)24(34)30-26(21,6)17-8-9-18(22(29)10-17)19-11-20(19)25(3,4)5/h8-10,12,16,19-20H,7,11,13-15H2,1-6H3,(H,30,34)(H,32,33)/t16?,19?,20?,26-,27?,28?/m0/s1. The van der Waals surface area contributed by atoms with Crippen LogP contribution in [0, 0.1) is 22.7 Å². The van der Waals surface area contributed by atoms with E-state index in [2.05, 4.69) is 59.0 Å². The highest BCUT2D eigenvalue weighted by Crippen LogP contribution is 2.70. The highest BCUT2D eigenvalue weighted by molar-refractivity contribution is 6.31. The molecule has 6 heteroatoms. The lowest BCUT2D eigenvalue weighted by molar-refractivity contribution is -0.215. The topological polar surface area (TPSA) is 69.6 Å². The van der Waals surface area contributed by atoms with Gasteiger partial charge in [-0.2, -0.15) is 0 Å². The van der Waals surface area contributed by atoms with Gasteiger partial charge in [0.25, 0.3) is 0 Å². The maximum atomic E-state index is 13.4. The molecule has 1 aromatic carbocycles. The monoisotopic (exact) mass is 484 g/mol. The number of halogens is 1. The van der Waals surface area contributed by atoms with Crippen molar-refractivity contribution in [2.24, 2.45) is 22.7 Å². The third-order valence-corrected chi connectivity index (χ3v) is 9.74. The van der Waals surface area contributed by atoms with Gasteiger partial charge in [0.15, 0.2) is 0 Å². The van der Waals surface area contributed by atoms with Crippen molar-refractivity contribution < 1.29 is 14.7 Å². The molecule has 2 bridgehead atoms. The molecule has 4 fully saturated rings. The molecule has 4 atom stereocenters. The van der Waals surface area contributed by atoms with Crippen LogP contribution in [0.5, 0.6) is 0 Å². The van der Waals surface area contributed by atoms with E-state index < -0.39 is 16.9 Å². The molecular formula is C28H37ClN2O3. The highest BCUT2D eigenvalue weighted by atomic mass is 35.5. The van der Waals surface area contributed by atoms with Crippen LogP contribution < -0.4 is 5.32 Å². The van der Waals surface area contributed by atoms with Crippen molar-refractivity contribution in [3.8, 4) is 0 Å². The van der Waals surface area contributed by atoms with Gasteiger partial charge in [0.1, 0.15) is 0 Å². The largest absolute Gasteiger partial charge is 0.481 e. The van der Waals surface area contributed by atoms with Gasteiger partial charge in [0.05, 0.1) is 16.5 Å². The first-order valence-electron chi connectivity index (χ1n) is 12.6. The van der Waals surface area contributed by atoms with E-state index in [1.165, 1.54) is 12.0 Å². The Hall–Kier alpha value is -2.01. The van der Waals surface area contributed by atoms with Crippen molar-refractivity contribution in [1.29, 1.82) is 0 Å². The Morgan fingerprint density at radius 3 is 2.44 bits per heavy atom. The Morgan fingerprint density at radius 1 is 1.29 bits per heavy atom. The van der Waals surface area contributed by atoms with E-state index in [1.807, 2.05) is 12.3 Å². The summed E-state index contributed by atoms with van der Waals surface area (Å²) in [7, 11) is 0. The number of rotatable bonds is 6. The fourth-order valence-corrected chi connectivity index (χ4v) is 7.28. The number of nitrogens with one attached hydrogen (secondary N) is 1. The van der Waals surface area contributed by atoms with Crippen LogP contribution in [-0.4, -0.2) is 27.5 Å². The summed E-state index contributed by atoms with van der Waals surface area (Å²) < 4.78 is 0. The fourth-order valence-electron chi connectivity index (χ4n) is 6.96. The third-order valence-electron chi connectivity index (χ3n) is 9.41. The second-order valence-corrected chi connectivity index (χ2v) is 13.1. The molecule has 0 aromatic heterocycles. The van der Waals surface area contributed by atoms with Gasteiger partial charge in [-0.05, 0) is 85.0 Å². The van der Waals surface area contributed by atoms with Crippen molar-refractivity contribution in [1.82, 2.24) is 10.2 Å². The summed E-state index contributed by atoms with van der Waals surface area (Å²) in [6.45, 7) is 13.3. The number of carbonyl (C=O) groups is 2. The van der Waals surface area contributed by atoms with Crippen LogP contribution in [0.15, 0.2) is 30.0 Å². The number of carboxylic acid groups (broad SMARTS) is 1. The first-order valence-corrected chi connectivity index (χ1v) is 13.0. The van der Waals surface area contributed by atoms with Crippen LogP contribution >= 0.6 is 11.6 Å². The number of carboxylic acids is 1. The minimum atomic E-state index is -0.734. The van der Waals surface area contributed by atoms with Crippen molar-refractivity contribution in [2.45, 2.75) is 90.6 Å². The molecule has 184 valence electrons. The van der Waals surface area contributed by atoms with Crippen molar-refractivity contribution in [3.05, 3.63) is 46.1 Å². The van der Waals surface area contributed by atoms with Crippen molar-refractivity contribution in [3.63, 3.8) is 0 Å². The zero-order valence-corrected chi connectivity index (χ0v) is 21.9. The molecule has 0 saturated heterocycles. The normalized spacial score (nSPS) is 37.2. The number of urea groups is 1. The maximum absolute atomic E-state index is 13.4. The zero-order valence-electron chi connectivity index (χ0n) is 21.2. The van der Waals surface area contributed by atoms with Crippen LogP contribution in [0.4, 0.5) is 4.79 Å². The first kappa shape index (κ1) is 23.7. The van der Waals surface area contributed by atoms with E-state index in [0.717, 1.165) is 22.6 Å². The number of amides is 2. The highest BCUT2D eigenvalue weighted by Gasteiger charge is 2.75. The molecular weight excluding hydrogens is 448 g/mol. The Labute approximate surface area is 207 Å². The lowest BCUT2D eigenvalue weighted by Crippen LogP contribution is -2.78. The molecule has 2 N–H and O–H groups in total. The molecule has 1 heterocycles. The van der Waals surface area contributed by atoms with Crippen molar-refractivity contribution in [2.75, 3.05) is 0 Å². The van der Waals surface area contributed by atoms with E-state index >= 15 is 0 Å². The molecule has 5 aliphatic rings. The summed E-state index contributed by atoms with van der Waals surface area (Å²) >= 11 is 6.84. The zero-order chi connectivity index (χ0) is 24.8. The van der Waals surface area contributed by atoms with Crippen LogP contribution in [0.25, 0.3) is 0 Å². The van der Waals surface area contributed by atoms with Crippen LogP contribution in [-0.2, 0) is 10.3 Å². The predicted molar refractivity (Wildman–Crippen MR) is 134 cm³/mol.